The quantitative estimate of drug-likeness (QED) is 0.598. The molecule has 150 valence electrons. The lowest BCUT2D eigenvalue weighted by Gasteiger charge is -2.27. The highest BCUT2D eigenvalue weighted by Crippen LogP contribution is 2.32. The Balaban J connectivity index is 1.32. The average Bonchev–Trinajstić information content (AvgIpc) is 3.27. The molecule has 0 amide bonds. The van der Waals surface area contributed by atoms with Gasteiger partial charge in [0.05, 0.1) is 12.6 Å². The number of ether oxygens (including phenoxy) is 1. The third-order valence-electron chi connectivity index (χ3n) is 5.54. The number of Topliss-reactive ketones (excluding diaryl/α,β-unsaturated/α-hetero) is 1. The summed E-state index contributed by atoms with van der Waals surface area (Å²) in [6.45, 7) is 4.67. The standard InChI is InChI=1S/C22H25N5O2/c1-14-6-3-10-21(15(14)2)29-13-5-9-20(28)19-12-11-16-17(22-24-26-27-25-22)7-4-8-18(16)23-19/h3-4,6-8,10,19,23H,5,9,11-13H2,1-2H3,(H,24,25,26,27). The van der Waals surface area contributed by atoms with Crippen molar-refractivity contribution in [3.63, 3.8) is 0 Å². The van der Waals surface area contributed by atoms with Crippen molar-refractivity contribution in [2.45, 2.75) is 45.6 Å². The topological polar surface area (TPSA) is 92.8 Å². The smallest absolute Gasteiger partial charge is 0.205 e. The maximum atomic E-state index is 12.7. The second kappa shape index (κ2) is 8.43. The second-order valence-electron chi connectivity index (χ2n) is 7.42. The van der Waals surface area contributed by atoms with Crippen molar-refractivity contribution in [2.75, 3.05) is 11.9 Å². The van der Waals surface area contributed by atoms with E-state index in [1.807, 2.05) is 30.3 Å². The number of carbonyl (C=O) groups is 1. The minimum Gasteiger partial charge on any atom is -0.493 e. The highest BCUT2D eigenvalue weighted by Gasteiger charge is 2.26. The van der Waals surface area contributed by atoms with Gasteiger partial charge in [0, 0.05) is 17.7 Å². The molecule has 0 spiro atoms. The van der Waals surface area contributed by atoms with Crippen molar-refractivity contribution in [3.05, 3.63) is 53.1 Å². The zero-order valence-electron chi connectivity index (χ0n) is 16.7. The molecule has 1 atom stereocenters. The number of hydrogen-bond acceptors (Lipinski definition) is 6. The van der Waals surface area contributed by atoms with Crippen molar-refractivity contribution in [1.82, 2.24) is 20.6 Å². The number of carbonyl (C=O) groups excluding carboxylic acids is 1. The van der Waals surface area contributed by atoms with Crippen LogP contribution in [0.2, 0.25) is 0 Å². The van der Waals surface area contributed by atoms with Gasteiger partial charge in [-0.3, -0.25) is 4.79 Å². The van der Waals surface area contributed by atoms with E-state index in [4.69, 9.17) is 4.74 Å². The number of aromatic amines is 1. The van der Waals surface area contributed by atoms with Crippen LogP contribution in [0.25, 0.3) is 11.4 Å². The van der Waals surface area contributed by atoms with Gasteiger partial charge in [0.15, 0.2) is 5.78 Å². The molecule has 0 aliphatic carbocycles. The van der Waals surface area contributed by atoms with Gasteiger partial charge in [0.25, 0.3) is 0 Å². The summed E-state index contributed by atoms with van der Waals surface area (Å²) < 4.78 is 5.87. The maximum Gasteiger partial charge on any atom is 0.205 e. The zero-order chi connectivity index (χ0) is 20.2. The first kappa shape index (κ1) is 19.1. The van der Waals surface area contributed by atoms with Crippen molar-refractivity contribution in [1.29, 1.82) is 0 Å². The summed E-state index contributed by atoms with van der Waals surface area (Å²) in [4.78, 5) is 12.7. The molecule has 0 radical (unpaired) electrons. The predicted octanol–water partition coefficient (Wildman–Crippen LogP) is 3.64. The number of aromatic nitrogens is 4. The van der Waals surface area contributed by atoms with Gasteiger partial charge < -0.3 is 10.1 Å². The van der Waals surface area contributed by atoms with Crippen molar-refractivity contribution < 1.29 is 9.53 Å². The molecule has 2 N–H and O–H groups in total. The number of rotatable bonds is 7. The highest BCUT2D eigenvalue weighted by molar-refractivity contribution is 5.88. The zero-order valence-corrected chi connectivity index (χ0v) is 16.7. The van der Waals surface area contributed by atoms with Crippen LogP contribution in [-0.2, 0) is 11.2 Å². The summed E-state index contributed by atoms with van der Waals surface area (Å²) >= 11 is 0. The number of nitrogens with zero attached hydrogens (tertiary/aromatic N) is 3. The highest BCUT2D eigenvalue weighted by atomic mass is 16.5. The molecule has 29 heavy (non-hydrogen) atoms. The van der Waals surface area contributed by atoms with E-state index in [0.29, 0.717) is 25.3 Å². The number of benzene rings is 2. The first-order chi connectivity index (χ1) is 14.1. The Morgan fingerprint density at radius 3 is 2.90 bits per heavy atom. The number of ketones is 1. The van der Waals surface area contributed by atoms with Crippen LogP contribution in [0.3, 0.4) is 0 Å². The Bertz CT molecular complexity index is 1000. The number of tetrazole rings is 1. The molecule has 0 fully saturated rings. The Labute approximate surface area is 169 Å². The predicted molar refractivity (Wildman–Crippen MR) is 111 cm³/mol. The largest absolute Gasteiger partial charge is 0.493 e. The van der Waals surface area contributed by atoms with E-state index >= 15 is 0 Å². The summed E-state index contributed by atoms with van der Waals surface area (Å²) in [5.41, 5.74) is 5.43. The van der Waals surface area contributed by atoms with E-state index < -0.39 is 0 Å². The molecular formula is C22H25N5O2. The summed E-state index contributed by atoms with van der Waals surface area (Å²) in [5, 5.41) is 17.7. The van der Waals surface area contributed by atoms with Gasteiger partial charge >= 0.3 is 0 Å². The van der Waals surface area contributed by atoms with Crippen molar-refractivity contribution in [2.24, 2.45) is 0 Å². The fourth-order valence-electron chi connectivity index (χ4n) is 3.75. The van der Waals surface area contributed by atoms with Gasteiger partial charge in [-0.25, -0.2) is 0 Å². The minimum absolute atomic E-state index is 0.163. The van der Waals surface area contributed by atoms with Crippen LogP contribution in [0.4, 0.5) is 5.69 Å². The molecule has 3 aromatic rings. The number of aryl methyl sites for hydroxylation is 1. The SMILES string of the molecule is Cc1cccc(OCCCC(=O)C2CCc3c(cccc3-c3nn[nH]n3)N2)c1C. The maximum absolute atomic E-state index is 12.7. The van der Waals surface area contributed by atoms with Gasteiger partial charge in [-0.2, -0.15) is 5.21 Å². The Morgan fingerprint density at radius 1 is 1.21 bits per heavy atom. The van der Waals surface area contributed by atoms with Gasteiger partial charge in [-0.05, 0) is 67.1 Å². The fourth-order valence-corrected chi connectivity index (χ4v) is 3.75. The van der Waals surface area contributed by atoms with E-state index in [0.717, 1.165) is 41.0 Å². The lowest BCUT2D eigenvalue weighted by Crippen LogP contribution is -2.33. The number of H-pyrrole nitrogens is 1. The summed E-state index contributed by atoms with van der Waals surface area (Å²) in [6, 6.07) is 11.8. The van der Waals surface area contributed by atoms with Crippen molar-refractivity contribution in [3.8, 4) is 17.1 Å². The molecule has 1 aromatic heterocycles. The fraction of sp³-hybridized carbons (Fsp3) is 0.364. The third-order valence-corrected chi connectivity index (χ3v) is 5.54. The molecule has 0 bridgehead atoms. The van der Waals surface area contributed by atoms with Crippen LogP contribution in [-0.4, -0.2) is 39.1 Å². The van der Waals surface area contributed by atoms with Gasteiger partial charge in [-0.15, -0.1) is 10.2 Å². The average molecular weight is 391 g/mol. The van der Waals surface area contributed by atoms with Crippen LogP contribution in [0.5, 0.6) is 5.75 Å². The van der Waals surface area contributed by atoms with E-state index in [9.17, 15) is 4.79 Å². The van der Waals surface area contributed by atoms with Crippen LogP contribution in [0, 0.1) is 13.8 Å². The first-order valence-electron chi connectivity index (χ1n) is 9.97. The number of anilines is 1. The lowest BCUT2D eigenvalue weighted by atomic mass is 9.91. The molecule has 7 heteroatoms. The van der Waals surface area contributed by atoms with Gasteiger partial charge in [0.1, 0.15) is 5.75 Å². The van der Waals surface area contributed by atoms with E-state index in [2.05, 4.69) is 45.9 Å². The molecule has 2 aromatic carbocycles. The normalized spacial score (nSPS) is 15.4. The van der Waals surface area contributed by atoms with Crippen LogP contribution in [0.1, 0.15) is 36.0 Å². The molecular weight excluding hydrogens is 366 g/mol. The summed E-state index contributed by atoms with van der Waals surface area (Å²) in [7, 11) is 0. The van der Waals surface area contributed by atoms with Crippen LogP contribution < -0.4 is 10.1 Å². The number of hydrogen-bond donors (Lipinski definition) is 2. The van der Waals surface area contributed by atoms with Gasteiger partial charge in [0.2, 0.25) is 5.82 Å². The third kappa shape index (κ3) is 4.13. The van der Waals surface area contributed by atoms with Crippen LogP contribution >= 0.6 is 0 Å². The second-order valence-corrected chi connectivity index (χ2v) is 7.42. The van der Waals surface area contributed by atoms with Gasteiger partial charge in [-0.1, -0.05) is 24.3 Å². The van der Waals surface area contributed by atoms with E-state index in [-0.39, 0.29) is 11.8 Å². The monoisotopic (exact) mass is 391 g/mol. The summed E-state index contributed by atoms with van der Waals surface area (Å²) in [5.74, 6) is 1.71. The summed E-state index contributed by atoms with van der Waals surface area (Å²) in [6.07, 6.45) is 2.78. The Kier molecular flexibility index (Phi) is 5.55. The number of nitrogens with one attached hydrogen (secondary N) is 2. The number of fused-ring (bicyclic) bond motifs is 1. The van der Waals surface area contributed by atoms with E-state index in [1.54, 1.807) is 0 Å². The van der Waals surface area contributed by atoms with E-state index in [1.165, 1.54) is 5.56 Å². The molecule has 2 heterocycles. The molecule has 4 rings (SSSR count). The Morgan fingerprint density at radius 2 is 2.07 bits per heavy atom. The molecule has 7 nitrogen and oxygen atoms in total. The first-order valence-corrected chi connectivity index (χ1v) is 9.97. The Hall–Kier alpha value is -3.22. The molecule has 0 saturated carbocycles. The molecule has 1 aliphatic rings. The van der Waals surface area contributed by atoms with Crippen LogP contribution in [0.15, 0.2) is 36.4 Å². The van der Waals surface area contributed by atoms with Crippen molar-refractivity contribution >= 4 is 11.5 Å². The molecule has 1 aliphatic heterocycles. The molecule has 0 saturated heterocycles. The minimum atomic E-state index is -0.163. The lowest BCUT2D eigenvalue weighted by molar-refractivity contribution is -0.120. The molecule has 1 unspecified atom stereocenters.